The van der Waals surface area contributed by atoms with E-state index in [2.05, 4.69) is 20.5 Å². The average molecular weight is 393 g/mol. The number of hydrogen-bond acceptors (Lipinski definition) is 7. The molecule has 2 saturated heterocycles. The minimum absolute atomic E-state index is 0.0115. The number of hydrogen-bond donors (Lipinski definition) is 2. The molecule has 0 spiro atoms. The summed E-state index contributed by atoms with van der Waals surface area (Å²) in [4.78, 5) is 14.4. The predicted octanol–water partition coefficient (Wildman–Crippen LogP) is -0.0975. The van der Waals surface area contributed by atoms with E-state index in [0.717, 1.165) is 44.6 Å². The van der Waals surface area contributed by atoms with Gasteiger partial charge in [-0.05, 0) is 32.1 Å². The van der Waals surface area contributed by atoms with Crippen LogP contribution in [-0.2, 0) is 20.8 Å². The summed E-state index contributed by atoms with van der Waals surface area (Å²) in [6.07, 6.45) is 6.71. The topological polar surface area (TPSA) is 102 Å². The molecule has 4 rings (SSSR count). The standard InChI is InChI=1S/C19H31N5O4/c25-13-18-16(20-19(26)12-23-7-9-27-10-8-23)4-3-15(28-18)5-6-24-11-17(21-22-24)14-1-2-14/h11,14-16,18,25H,1-10,12-13H2,(H,20,26)/t15-,16+,18-/m0/s1. The number of aromatic nitrogens is 3. The minimum atomic E-state index is -0.356. The van der Waals surface area contributed by atoms with Crippen LogP contribution in [0.4, 0.5) is 0 Å². The molecule has 1 aliphatic carbocycles. The van der Waals surface area contributed by atoms with Crippen LogP contribution in [0.2, 0.25) is 0 Å². The van der Waals surface area contributed by atoms with Crippen molar-refractivity contribution in [1.82, 2.24) is 25.2 Å². The first-order valence-corrected chi connectivity index (χ1v) is 10.5. The Hall–Kier alpha value is -1.55. The molecule has 3 atom stereocenters. The quantitative estimate of drug-likeness (QED) is 0.636. The Morgan fingerprint density at radius 1 is 1.25 bits per heavy atom. The summed E-state index contributed by atoms with van der Waals surface area (Å²) in [7, 11) is 0. The highest BCUT2D eigenvalue weighted by Crippen LogP contribution is 2.38. The maximum absolute atomic E-state index is 12.3. The third-order valence-electron chi connectivity index (χ3n) is 5.85. The van der Waals surface area contributed by atoms with Crippen LogP contribution in [-0.4, -0.2) is 88.6 Å². The Labute approximate surface area is 165 Å². The van der Waals surface area contributed by atoms with Gasteiger partial charge in [0.25, 0.3) is 0 Å². The van der Waals surface area contributed by atoms with Gasteiger partial charge in [0.2, 0.25) is 5.91 Å². The van der Waals surface area contributed by atoms with E-state index in [1.165, 1.54) is 12.8 Å². The van der Waals surface area contributed by atoms with Gasteiger partial charge in [-0.25, -0.2) is 0 Å². The number of aliphatic hydroxyl groups is 1. The van der Waals surface area contributed by atoms with Gasteiger partial charge in [0.05, 0.1) is 44.2 Å². The summed E-state index contributed by atoms with van der Waals surface area (Å²) < 4.78 is 13.3. The second kappa shape index (κ2) is 9.30. The van der Waals surface area contributed by atoms with Crippen molar-refractivity contribution in [2.45, 2.75) is 62.8 Å². The molecule has 1 aromatic heterocycles. The van der Waals surface area contributed by atoms with E-state index in [9.17, 15) is 9.90 Å². The number of amides is 1. The molecule has 0 unspecified atom stereocenters. The molecule has 2 N–H and O–H groups in total. The van der Waals surface area contributed by atoms with Crippen LogP contribution < -0.4 is 5.32 Å². The number of aliphatic hydroxyl groups excluding tert-OH is 1. The van der Waals surface area contributed by atoms with Crippen LogP contribution in [0.3, 0.4) is 0 Å². The lowest BCUT2D eigenvalue weighted by atomic mass is 9.97. The maximum atomic E-state index is 12.3. The molecule has 0 aromatic carbocycles. The second-order valence-electron chi connectivity index (χ2n) is 8.09. The average Bonchev–Trinajstić information content (AvgIpc) is 3.46. The largest absolute Gasteiger partial charge is 0.394 e. The molecule has 1 aromatic rings. The van der Waals surface area contributed by atoms with E-state index >= 15 is 0 Å². The molecule has 9 heteroatoms. The third kappa shape index (κ3) is 5.28. The Balaban J connectivity index is 1.20. The van der Waals surface area contributed by atoms with Crippen LogP contribution in [0.25, 0.3) is 0 Å². The predicted molar refractivity (Wildman–Crippen MR) is 101 cm³/mol. The van der Waals surface area contributed by atoms with E-state index in [1.54, 1.807) is 0 Å². The molecule has 0 bridgehead atoms. The first kappa shape index (κ1) is 19.8. The van der Waals surface area contributed by atoms with E-state index in [-0.39, 0.29) is 30.8 Å². The fourth-order valence-electron chi connectivity index (χ4n) is 3.99. The summed E-state index contributed by atoms with van der Waals surface area (Å²) in [6, 6.07) is -0.136. The third-order valence-corrected chi connectivity index (χ3v) is 5.85. The minimum Gasteiger partial charge on any atom is -0.394 e. The van der Waals surface area contributed by atoms with Crippen LogP contribution >= 0.6 is 0 Å². The fraction of sp³-hybridized carbons (Fsp3) is 0.842. The summed E-state index contributed by atoms with van der Waals surface area (Å²) in [5.41, 5.74) is 1.10. The number of rotatable bonds is 8. The first-order chi connectivity index (χ1) is 13.7. The molecule has 1 saturated carbocycles. The molecule has 2 aliphatic heterocycles. The second-order valence-corrected chi connectivity index (χ2v) is 8.09. The number of aryl methyl sites for hydroxylation is 1. The lowest BCUT2D eigenvalue weighted by Crippen LogP contribution is -2.53. The molecule has 1 amide bonds. The summed E-state index contributed by atoms with van der Waals surface area (Å²) in [5.74, 6) is 0.600. The SMILES string of the molecule is O=C(CN1CCOCC1)N[C@@H]1CC[C@@H](CCn2cc(C3CC3)nn2)O[C@H]1CO. The molecule has 9 nitrogen and oxygen atoms in total. The molecule has 3 heterocycles. The lowest BCUT2D eigenvalue weighted by Gasteiger charge is -2.36. The number of nitrogens with one attached hydrogen (secondary N) is 1. The van der Waals surface area contributed by atoms with Crippen molar-refractivity contribution in [3.63, 3.8) is 0 Å². The summed E-state index contributed by atoms with van der Waals surface area (Å²) in [5, 5.41) is 21.2. The van der Waals surface area contributed by atoms with Crippen molar-refractivity contribution in [2.75, 3.05) is 39.5 Å². The van der Waals surface area contributed by atoms with Gasteiger partial charge in [0.1, 0.15) is 6.10 Å². The van der Waals surface area contributed by atoms with Gasteiger partial charge >= 0.3 is 0 Å². The zero-order chi connectivity index (χ0) is 19.3. The van der Waals surface area contributed by atoms with Crippen molar-refractivity contribution < 1.29 is 19.4 Å². The normalized spacial score (nSPS) is 29.0. The van der Waals surface area contributed by atoms with Gasteiger partial charge in [-0.15, -0.1) is 5.10 Å². The number of carbonyl (C=O) groups excluding carboxylic acids is 1. The number of ether oxygens (including phenoxy) is 2. The summed E-state index contributed by atoms with van der Waals surface area (Å²) >= 11 is 0. The van der Waals surface area contributed by atoms with Crippen molar-refractivity contribution in [2.24, 2.45) is 0 Å². The van der Waals surface area contributed by atoms with E-state index in [4.69, 9.17) is 9.47 Å². The monoisotopic (exact) mass is 393 g/mol. The Morgan fingerprint density at radius 3 is 2.82 bits per heavy atom. The first-order valence-electron chi connectivity index (χ1n) is 10.5. The number of morpholine rings is 1. The number of carbonyl (C=O) groups is 1. The van der Waals surface area contributed by atoms with Gasteiger partial charge in [-0.3, -0.25) is 14.4 Å². The Morgan fingerprint density at radius 2 is 2.07 bits per heavy atom. The van der Waals surface area contributed by atoms with Gasteiger partial charge in [0.15, 0.2) is 0 Å². The maximum Gasteiger partial charge on any atom is 0.234 e. The molecule has 156 valence electrons. The smallest absolute Gasteiger partial charge is 0.234 e. The highest BCUT2D eigenvalue weighted by atomic mass is 16.5. The summed E-state index contributed by atoms with van der Waals surface area (Å²) in [6.45, 7) is 3.96. The molecule has 3 aliphatic rings. The van der Waals surface area contributed by atoms with Crippen LogP contribution in [0, 0.1) is 0 Å². The van der Waals surface area contributed by atoms with Gasteiger partial charge < -0.3 is 19.9 Å². The van der Waals surface area contributed by atoms with E-state index < -0.39 is 0 Å². The van der Waals surface area contributed by atoms with Crippen LogP contribution in [0.5, 0.6) is 0 Å². The van der Waals surface area contributed by atoms with Gasteiger partial charge in [-0.1, -0.05) is 5.21 Å². The van der Waals surface area contributed by atoms with E-state index in [1.807, 2.05) is 10.9 Å². The molecule has 0 radical (unpaired) electrons. The van der Waals surface area contributed by atoms with Gasteiger partial charge in [0, 0.05) is 31.7 Å². The Bertz CT molecular complexity index is 644. The van der Waals surface area contributed by atoms with Crippen molar-refractivity contribution >= 4 is 5.91 Å². The molecular weight excluding hydrogens is 362 g/mol. The van der Waals surface area contributed by atoms with Gasteiger partial charge in [-0.2, -0.15) is 0 Å². The Kier molecular flexibility index (Phi) is 6.56. The van der Waals surface area contributed by atoms with Crippen molar-refractivity contribution in [3.8, 4) is 0 Å². The fourth-order valence-corrected chi connectivity index (χ4v) is 3.99. The van der Waals surface area contributed by atoms with Crippen molar-refractivity contribution in [3.05, 3.63) is 11.9 Å². The lowest BCUT2D eigenvalue weighted by molar-refractivity contribution is -0.130. The molecule has 28 heavy (non-hydrogen) atoms. The highest BCUT2D eigenvalue weighted by Gasteiger charge is 2.32. The van der Waals surface area contributed by atoms with E-state index in [0.29, 0.717) is 25.7 Å². The van der Waals surface area contributed by atoms with Crippen LogP contribution in [0.1, 0.15) is 43.7 Å². The number of nitrogens with zero attached hydrogens (tertiary/aromatic N) is 4. The van der Waals surface area contributed by atoms with Crippen molar-refractivity contribution in [1.29, 1.82) is 0 Å². The zero-order valence-electron chi connectivity index (χ0n) is 16.3. The molecule has 3 fully saturated rings. The zero-order valence-corrected chi connectivity index (χ0v) is 16.3. The highest BCUT2D eigenvalue weighted by molar-refractivity contribution is 5.78. The molecular formula is C19H31N5O4. The van der Waals surface area contributed by atoms with Crippen LogP contribution in [0.15, 0.2) is 6.20 Å².